The number of anilines is 2. The number of nitrogens with one attached hydrogen (secondary N) is 1. The lowest BCUT2D eigenvalue weighted by Crippen LogP contribution is -2.46. The molecule has 1 aliphatic rings. The van der Waals surface area contributed by atoms with Gasteiger partial charge < -0.3 is 15.1 Å². The number of carbonyl (C=O) groups excluding carboxylic acids is 1. The first-order valence-electron chi connectivity index (χ1n) is 9.98. The molecule has 158 valence electrons. The molecular weight excluding hydrogens is 408 g/mol. The van der Waals surface area contributed by atoms with E-state index in [-0.39, 0.29) is 5.91 Å². The minimum absolute atomic E-state index is 0.110. The minimum Gasteiger partial charge on any atom is -0.335 e. The maximum Gasteiger partial charge on any atom is 0.264 e. The average molecular weight is 433 g/mol. The Bertz CT molecular complexity index is 1160. The largest absolute Gasteiger partial charge is 0.335 e. The highest BCUT2D eigenvalue weighted by Crippen LogP contribution is 2.30. The quantitative estimate of drug-likeness (QED) is 0.470. The number of thiophene rings is 1. The van der Waals surface area contributed by atoms with Crippen LogP contribution in [-0.2, 0) is 0 Å². The van der Waals surface area contributed by atoms with Crippen LogP contribution in [0, 0.1) is 0 Å². The molecule has 0 aliphatic carbocycles. The second kappa shape index (κ2) is 9.20. The van der Waals surface area contributed by atoms with Crippen molar-refractivity contribution < 1.29 is 4.79 Å². The molecule has 1 amide bonds. The summed E-state index contributed by atoms with van der Waals surface area (Å²) >= 11 is 1.53. The van der Waals surface area contributed by atoms with Gasteiger partial charge in [0.15, 0.2) is 0 Å². The lowest BCUT2D eigenvalue weighted by Gasteiger charge is -2.32. The van der Waals surface area contributed by atoms with Crippen LogP contribution in [0.5, 0.6) is 0 Å². The van der Waals surface area contributed by atoms with Gasteiger partial charge >= 0.3 is 0 Å². The molecule has 3 heterocycles. The summed E-state index contributed by atoms with van der Waals surface area (Å²) in [5.74, 6) is 0.567. The van der Waals surface area contributed by atoms with Gasteiger partial charge in [0.05, 0.1) is 16.3 Å². The number of aromatic nitrogens is 2. The van der Waals surface area contributed by atoms with E-state index in [1.807, 2.05) is 29.2 Å². The third-order valence-corrected chi connectivity index (χ3v) is 6.24. The number of rotatable bonds is 6. The zero-order valence-corrected chi connectivity index (χ0v) is 18.2. The summed E-state index contributed by atoms with van der Waals surface area (Å²) in [6, 6.07) is 9.73. The second-order valence-corrected chi connectivity index (χ2v) is 8.38. The van der Waals surface area contributed by atoms with Crippen molar-refractivity contribution >= 4 is 51.4 Å². The summed E-state index contributed by atoms with van der Waals surface area (Å²) in [6.45, 7) is 10.6. The maximum absolute atomic E-state index is 12.9. The predicted octanol–water partition coefficient (Wildman–Crippen LogP) is 4.05. The Labute approximate surface area is 185 Å². The fraction of sp³-hybridized carbons (Fsp3) is 0.217. The lowest BCUT2D eigenvalue weighted by atomic mass is 10.2. The van der Waals surface area contributed by atoms with Gasteiger partial charge in [-0.3, -0.25) is 9.79 Å². The Morgan fingerprint density at radius 3 is 2.77 bits per heavy atom. The Kier molecular flexibility index (Phi) is 6.20. The van der Waals surface area contributed by atoms with Crippen LogP contribution >= 0.6 is 11.3 Å². The molecule has 0 radical (unpaired) electrons. The van der Waals surface area contributed by atoms with Crippen LogP contribution in [0.4, 0.5) is 11.6 Å². The van der Waals surface area contributed by atoms with Crippen LogP contribution in [0.15, 0.2) is 60.3 Å². The van der Waals surface area contributed by atoms with Crippen molar-refractivity contribution in [3.63, 3.8) is 0 Å². The molecule has 0 saturated carbocycles. The SMILES string of the molecule is C=C/C=C(\N=C)c1ccnc(Nc2ccc3sc(C(=O)N4CCN(C)CC4)cc3c2)n1. The monoisotopic (exact) mass is 432 g/mol. The highest BCUT2D eigenvalue weighted by molar-refractivity contribution is 7.20. The third-order valence-electron chi connectivity index (χ3n) is 5.14. The van der Waals surface area contributed by atoms with Crippen molar-refractivity contribution in [3.05, 3.63) is 65.8 Å². The van der Waals surface area contributed by atoms with Gasteiger partial charge in [0.1, 0.15) is 0 Å². The van der Waals surface area contributed by atoms with Crippen LogP contribution < -0.4 is 5.32 Å². The number of hydrogen-bond donors (Lipinski definition) is 1. The molecule has 31 heavy (non-hydrogen) atoms. The first kappa shape index (κ1) is 20.9. The van der Waals surface area contributed by atoms with Gasteiger partial charge in [-0.15, -0.1) is 11.3 Å². The highest BCUT2D eigenvalue weighted by atomic mass is 32.1. The molecule has 0 bridgehead atoms. The van der Waals surface area contributed by atoms with E-state index in [1.54, 1.807) is 24.4 Å². The van der Waals surface area contributed by atoms with E-state index >= 15 is 0 Å². The number of benzene rings is 1. The third kappa shape index (κ3) is 4.70. The number of carbonyl (C=O) groups is 1. The second-order valence-electron chi connectivity index (χ2n) is 7.29. The molecule has 1 aliphatic heterocycles. The molecule has 8 heteroatoms. The van der Waals surface area contributed by atoms with Gasteiger partial charge in [0, 0.05) is 42.8 Å². The van der Waals surface area contributed by atoms with Crippen LogP contribution in [0.1, 0.15) is 15.4 Å². The summed E-state index contributed by atoms with van der Waals surface area (Å²) in [4.78, 5) is 30.6. The molecule has 4 rings (SSSR count). The Morgan fingerprint density at radius 1 is 1.23 bits per heavy atom. The number of piperazine rings is 1. The summed E-state index contributed by atoms with van der Waals surface area (Å²) in [5, 5.41) is 4.25. The van der Waals surface area contributed by atoms with Gasteiger partial charge in [-0.2, -0.15) is 0 Å². The van der Waals surface area contributed by atoms with Crippen molar-refractivity contribution in [2.24, 2.45) is 4.99 Å². The number of amides is 1. The number of hydrogen-bond acceptors (Lipinski definition) is 7. The Morgan fingerprint density at radius 2 is 2.03 bits per heavy atom. The smallest absolute Gasteiger partial charge is 0.264 e. The predicted molar refractivity (Wildman–Crippen MR) is 128 cm³/mol. The van der Waals surface area contributed by atoms with Gasteiger partial charge in [-0.05, 0) is 55.6 Å². The molecule has 2 aromatic heterocycles. The van der Waals surface area contributed by atoms with Crippen LogP contribution in [0.3, 0.4) is 0 Å². The van der Waals surface area contributed by atoms with Gasteiger partial charge in [0.25, 0.3) is 5.91 Å². The molecule has 1 aromatic carbocycles. The van der Waals surface area contributed by atoms with E-state index < -0.39 is 0 Å². The van der Waals surface area contributed by atoms with E-state index in [4.69, 9.17) is 0 Å². The van der Waals surface area contributed by atoms with Crippen molar-refractivity contribution in [2.45, 2.75) is 0 Å². The van der Waals surface area contributed by atoms with Crippen LogP contribution in [0.2, 0.25) is 0 Å². The Balaban J connectivity index is 1.54. The fourth-order valence-corrected chi connectivity index (χ4v) is 4.42. The molecule has 1 fully saturated rings. The zero-order chi connectivity index (χ0) is 21.8. The van der Waals surface area contributed by atoms with Gasteiger partial charge in [0.2, 0.25) is 5.95 Å². The molecule has 0 unspecified atom stereocenters. The van der Waals surface area contributed by atoms with E-state index in [0.717, 1.165) is 46.8 Å². The maximum atomic E-state index is 12.9. The van der Waals surface area contributed by atoms with Crippen LogP contribution in [0.25, 0.3) is 15.8 Å². The average Bonchev–Trinajstić information content (AvgIpc) is 3.21. The highest BCUT2D eigenvalue weighted by Gasteiger charge is 2.22. The molecule has 1 saturated heterocycles. The van der Waals surface area contributed by atoms with Crippen molar-refractivity contribution in [3.8, 4) is 0 Å². The summed E-state index contributed by atoms with van der Waals surface area (Å²) in [7, 11) is 2.08. The van der Waals surface area contributed by atoms with E-state index in [1.165, 1.54) is 11.3 Å². The minimum atomic E-state index is 0.110. The number of fused-ring (bicyclic) bond motifs is 1. The number of nitrogens with zero attached hydrogens (tertiary/aromatic N) is 5. The molecule has 0 atom stereocenters. The molecule has 1 N–H and O–H groups in total. The fourth-order valence-electron chi connectivity index (χ4n) is 3.41. The summed E-state index contributed by atoms with van der Waals surface area (Å²) < 4.78 is 1.07. The van der Waals surface area contributed by atoms with E-state index in [9.17, 15) is 4.79 Å². The zero-order valence-electron chi connectivity index (χ0n) is 17.4. The normalized spacial score (nSPS) is 15.1. The topological polar surface area (TPSA) is 73.7 Å². The molecular formula is C23H24N6OS. The van der Waals surface area contributed by atoms with Crippen molar-refractivity contribution in [1.82, 2.24) is 19.8 Å². The van der Waals surface area contributed by atoms with E-state index in [2.05, 4.69) is 45.5 Å². The summed E-state index contributed by atoms with van der Waals surface area (Å²) in [5.41, 5.74) is 2.13. The van der Waals surface area contributed by atoms with Crippen LogP contribution in [-0.4, -0.2) is 65.6 Å². The molecule has 0 spiro atoms. The first-order chi connectivity index (χ1) is 15.1. The molecule has 3 aromatic rings. The van der Waals surface area contributed by atoms with Crippen molar-refractivity contribution in [1.29, 1.82) is 0 Å². The van der Waals surface area contributed by atoms with E-state index in [0.29, 0.717) is 17.3 Å². The van der Waals surface area contributed by atoms with Gasteiger partial charge in [-0.1, -0.05) is 12.7 Å². The standard InChI is InChI=1S/C23H24N6OS/c1-4-5-18(24-2)19-8-9-25-23(27-19)26-17-6-7-20-16(14-17)15-21(31-20)22(30)29-12-10-28(3)11-13-29/h4-9,14-15H,1-2,10-13H2,3H3,(H,25,26,27)/b18-5-. The first-order valence-corrected chi connectivity index (χ1v) is 10.8. The number of likely N-dealkylation sites (N-methyl/N-ethyl adjacent to an activating group) is 1. The Hall–Kier alpha value is -3.36. The number of allylic oxidation sites excluding steroid dienone is 2. The van der Waals surface area contributed by atoms with Crippen molar-refractivity contribution in [2.75, 3.05) is 38.5 Å². The van der Waals surface area contributed by atoms with Gasteiger partial charge in [-0.25, -0.2) is 9.97 Å². The number of aliphatic imine (C=N–C) groups is 1. The summed E-state index contributed by atoms with van der Waals surface area (Å²) in [6.07, 6.45) is 5.06. The molecule has 7 nitrogen and oxygen atoms in total. The lowest BCUT2D eigenvalue weighted by molar-refractivity contribution is 0.0669.